The first-order chi connectivity index (χ1) is 11.2. The van der Waals surface area contributed by atoms with E-state index < -0.39 is 0 Å². The van der Waals surface area contributed by atoms with Crippen LogP contribution in [0, 0.1) is 0 Å². The van der Waals surface area contributed by atoms with Gasteiger partial charge in [-0.15, -0.1) is 0 Å². The monoisotopic (exact) mass is 313 g/mol. The van der Waals surface area contributed by atoms with E-state index in [-0.39, 0.29) is 5.91 Å². The molecule has 3 rings (SSSR count). The minimum atomic E-state index is 0.00469. The molecule has 5 heteroatoms. The molecule has 23 heavy (non-hydrogen) atoms. The lowest BCUT2D eigenvalue weighted by Crippen LogP contribution is -2.25. The molecule has 0 bridgehead atoms. The second-order valence-electron chi connectivity index (χ2n) is 6.16. The molecule has 1 amide bonds. The molecule has 1 heterocycles. The van der Waals surface area contributed by atoms with Crippen LogP contribution < -0.4 is 4.74 Å². The predicted octanol–water partition coefficient (Wildman–Crippen LogP) is 3.28. The third kappa shape index (κ3) is 3.55. The van der Waals surface area contributed by atoms with Gasteiger partial charge in [0, 0.05) is 19.8 Å². The molecule has 0 N–H and O–H groups in total. The molecule has 1 fully saturated rings. The first kappa shape index (κ1) is 15.6. The SMILES string of the molecule is COc1ccc(CN(C)C(=O)c2cnn(C3CCCC3)c2)cc1. The zero-order valence-corrected chi connectivity index (χ0v) is 13.7. The topological polar surface area (TPSA) is 47.4 Å². The average molecular weight is 313 g/mol. The Morgan fingerprint density at radius 1 is 1.30 bits per heavy atom. The van der Waals surface area contributed by atoms with Crippen LogP contribution in [-0.4, -0.2) is 34.7 Å². The van der Waals surface area contributed by atoms with Crippen LogP contribution in [0.4, 0.5) is 0 Å². The third-order valence-electron chi connectivity index (χ3n) is 4.47. The second-order valence-corrected chi connectivity index (χ2v) is 6.16. The molecule has 0 unspecified atom stereocenters. The fourth-order valence-electron chi connectivity index (χ4n) is 3.11. The van der Waals surface area contributed by atoms with Crippen molar-refractivity contribution < 1.29 is 9.53 Å². The number of carbonyl (C=O) groups excluding carboxylic acids is 1. The van der Waals surface area contributed by atoms with Crippen molar-refractivity contribution in [2.75, 3.05) is 14.2 Å². The van der Waals surface area contributed by atoms with E-state index in [0.29, 0.717) is 18.2 Å². The molecule has 0 spiro atoms. The van der Waals surface area contributed by atoms with Crippen LogP contribution in [0.2, 0.25) is 0 Å². The standard InChI is InChI=1S/C18H23N3O2/c1-20(12-14-7-9-17(23-2)10-8-14)18(22)15-11-19-21(13-15)16-5-3-4-6-16/h7-11,13,16H,3-6,12H2,1-2H3. The van der Waals surface area contributed by atoms with Gasteiger partial charge in [-0.25, -0.2) is 0 Å². The largest absolute Gasteiger partial charge is 0.497 e. The highest BCUT2D eigenvalue weighted by Gasteiger charge is 2.20. The lowest BCUT2D eigenvalue weighted by Gasteiger charge is -2.16. The number of nitrogens with zero attached hydrogens (tertiary/aromatic N) is 3. The van der Waals surface area contributed by atoms with E-state index in [2.05, 4.69) is 5.10 Å². The number of rotatable bonds is 5. The van der Waals surface area contributed by atoms with E-state index in [1.807, 2.05) is 42.2 Å². The van der Waals surface area contributed by atoms with E-state index in [4.69, 9.17) is 4.74 Å². The van der Waals surface area contributed by atoms with Crippen molar-refractivity contribution in [2.45, 2.75) is 38.3 Å². The highest BCUT2D eigenvalue weighted by Crippen LogP contribution is 2.28. The highest BCUT2D eigenvalue weighted by molar-refractivity contribution is 5.93. The molecule has 1 aromatic heterocycles. The van der Waals surface area contributed by atoms with Crippen molar-refractivity contribution in [2.24, 2.45) is 0 Å². The van der Waals surface area contributed by atoms with Crippen molar-refractivity contribution in [1.29, 1.82) is 0 Å². The Kier molecular flexibility index (Phi) is 4.65. The van der Waals surface area contributed by atoms with Gasteiger partial charge in [0.15, 0.2) is 0 Å². The summed E-state index contributed by atoms with van der Waals surface area (Å²) in [7, 11) is 3.46. The molecule has 1 aliphatic rings. The molecule has 1 aromatic carbocycles. The molecule has 0 radical (unpaired) electrons. The first-order valence-electron chi connectivity index (χ1n) is 8.10. The molecule has 122 valence electrons. The number of methoxy groups -OCH3 is 1. The number of ether oxygens (including phenoxy) is 1. The van der Waals surface area contributed by atoms with Gasteiger partial charge in [-0.3, -0.25) is 9.48 Å². The molecular weight excluding hydrogens is 290 g/mol. The van der Waals surface area contributed by atoms with Gasteiger partial charge in [0.2, 0.25) is 0 Å². The Labute approximate surface area is 136 Å². The molecule has 0 atom stereocenters. The maximum atomic E-state index is 12.5. The van der Waals surface area contributed by atoms with E-state index in [1.165, 1.54) is 12.8 Å². The summed E-state index contributed by atoms with van der Waals surface area (Å²) in [6, 6.07) is 8.23. The molecule has 5 nitrogen and oxygen atoms in total. The summed E-state index contributed by atoms with van der Waals surface area (Å²) in [4.78, 5) is 14.3. The summed E-state index contributed by atoms with van der Waals surface area (Å²) in [5, 5.41) is 4.38. The van der Waals surface area contributed by atoms with Gasteiger partial charge < -0.3 is 9.64 Å². The van der Waals surface area contributed by atoms with Crippen molar-refractivity contribution in [1.82, 2.24) is 14.7 Å². The summed E-state index contributed by atoms with van der Waals surface area (Å²) in [5.74, 6) is 0.825. The molecule has 0 saturated heterocycles. The maximum absolute atomic E-state index is 12.5. The van der Waals surface area contributed by atoms with E-state index in [1.54, 1.807) is 18.2 Å². The number of benzene rings is 1. The Hall–Kier alpha value is -2.30. The van der Waals surface area contributed by atoms with Crippen LogP contribution in [-0.2, 0) is 6.54 Å². The van der Waals surface area contributed by atoms with Crippen molar-refractivity contribution in [3.63, 3.8) is 0 Å². The molecule has 2 aromatic rings. The minimum Gasteiger partial charge on any atom is -0.497 e. The van der Waals surface area contributed by atoms with Crippen LogP contribution in [0.5, 0.6) is 5.75 Å². The molecular formula is C18H23N3O2. The summed E-state index contributed by atoms with van der Waals surface area (Å²) >= 11 is 0. The first-order valence-corrected chi connectivity index (χ1v) is 8.10. The quantitative estimate of drug-likeness (QED) is 0.851. The third-order valence-corrected chi connectivity index (χ3v) is 4.47. The van der Waals surface area contributed by atoms with Crippen molar-refractivity contribution in [3.8, 4) is 5.75 Å². The lowest BCUT2D eigenvalue weighted by atomic mass is 10.2. The van der Waals surface area contributed by atoms with E-state index in [9.17, 15) is 4.79 Å². The Balaban J connectivity index is 1.64. The van der Waals surface area contributed by atoms with Gasteiger partial charge in [0.1, 0.15) is 5.75 Å². The van der Waals surface area contributed by atoms with E-state index >= 15 is 0 Å². The van der Waals surface area contributed by atoms with Gasteiger partial charge in [0.25, 0.3) is 5.91 Å². The number of amides is 1. The summed E-state index contributed by atoms with van der Waals surface area (Å²) in [5.41, 5.74) is 1.73. The van der Waals surface area contributed by atoms with Gasteiger partial charge in [-0.05, 0) is 30.5 Å². The average Bonchev–Trinajstić information content (AvgIpc) is 3.26. The number of hydrogen-bond acceptors (Lipinski definition) is 3. The minimum absolute atomic E-state index is 0.00469. The summed E-state index contributed by atoms with van der Waals surface area (Å²) in [6.07, 6.45) is 8.42. The molecule has 0 aliphatic heterocycles. The van der Waals surface area contributed by atoms with Gasteiger partial charge in [0.05, 0.1) is 24.9 Å². The molecule has 1 saturated carbocycles. The van der Waals surface area contributed by atoms with Crippen LogP contribution in [0.3, 0.4) is 0 Å². The zero-order valence-electron chi connectivity index (χ0n) is 13.7. The number of carbonyl (C=O) groups is 1. The normalized spacial score (nSPS) is 14.9. The number of aromatic nitrogens is 2. The van der Waals surface area contributed by atoms with Gasteiger partial charge in [-0.1, -0.05) is 25.0 Å². The Morgan fingerprint density at radius 2 is 2.00 bits per heavy atom. The van der Waals surface area contributed by atoms with Crippen LogP contribution in [0.25, 0.3) is 0 Å². The van der Waals surface area contributed by atoms with Gasteiger partial charge >= 0.3 is 0 Å². The lowest BCUT2D eigenvalue weighted by molar-refractivity contribution is 0.0785. The van der Waals surface area contributed by atoms with Crippen LogP contribution in [0.15, 0.2) is 36.7 Å². The Bertz CT molecular complexity index is 657. The Morgan fingerprint density at radius 3 is 2.65 bits per heavy atom. The predicted molar refractivity (Wildman–Crippen MR) is 88.5 cm³/mol. The van der Waals surface area contributed by atoms with Crippen LogP contribution >= 0.6 is 0 Å². The summed E-state index contributed by atoms with van der Waals surface area (Å²) in [6.45, 7) is 0.567. The summed E-state index contributed by atoms with van der Waals surface area (Å²) < 4.78 is 7.11. The smallest absolute Gasteiger partial charge is 0.257 e. The highest BCUT2D eigenvalue weighted by atomic mass is 16.5. The van der Waals surface area contributed by atoms with Crippen LogP contribution in [0.1, 0.15) is 47.6 Å². The zero-order chi connectivity index (χ0) is 16.2. The maximum Gasteiger partial charge on any atom is 0.257 e. The fraction of sp³-hybridized carbons (Fsp3) is 0.444. The van der Waals surface area contributed by atoms with Crippen molar-refractivity contribution in [3.05, 3.63) is 47.8 Å². The van der Waals surface area contributed by atoms with Crippen molar-refractivity contribution >= 4 is 5.91 Å². The fourth-order valence-corrected chi connectivity index (χ4v) is 3.11. The van der Waals surface area contributed by atoms with E-state index in [0.717, 1.165) is 24.2 Å². The number of hydrogen-bond donors (Lipinski definition) is 0. The molecule has 1 aliphatic carbocycles. The second kappa shape index (κ2) is 6.86. The van der Waals surface area contributed by atoms with Gasteiger partial charge in [-0.2, -0.15) is 5.10 Å².